The Morgan fingerprint density at radius 1 is 1.57 bits per heavy atom. The second-order valence-corrected chi connectivity index (χ2v) is 4.00. The minimum Gasteiger partial charge on any atom is -0.477 e. The summed E-state index contributed by atoms with van der Waals surface area (Å²) in [5.74, 6) is -6.63. The molecule has 1 heterocycles. The number of rotatable bonds is 3. The highest BCUT2D eigenvalue weighted by Crippen LogP contribution is 2.33. The first-order valence-corrected chi connectivity index (χ1v) is 4.71. The van der Waals surface area contributed by atoms with E-state index in [4.69, 9.17) is 5.11 Å². The van der Waals surface area contributed by atoms with E-state index in [0.29, 0.717) is 6.54 Å². The third-order valence-corrected chi connectivity index (χ3v) is 2.75. The van der Waals surface area contributed by atoms with Gasteiger partial charge in [-0.05, 0) is 26.8 Å². The number of alkyl halides is 2. The van der Waals surface area contributed by atoms with Crippen LogP contribution in [0.3, 0.4) is 0 Å². The zero-order valence-electron chi connectivity index (χ0n) is 8.33. The Labute approximate surface area is 81.7 Å². The van der Waals surface area contributed by atoms with Crippen molar-refractivity contribution in [3.63, 3.8) is 0 Å². The first-order valence-electron chi connectivity index (χ1n) is 4.71. The van der Waals surface area contributed by atoms with Crippen LogP contribution >= 0.6 is 0 Å². The van der Waals surface area contributed by atoms with Crippen molar-refractivity contribution in [1.29, 1.82) is 0 Å². The van der Waals surface area contributed by atoms with E-state index in [1.54, 1.807) is 0 Å². The van der Waals surface area contributed by atoms with Crippen LogP contribution in [0.15, 0.2) is 0 Å². The predicted octanol–water partition coefficient (Wildman–Crippen LogP) is 1.44. The number of hydrogen-bond acceptors (Lipinski definition) is 2. The van der Waals surface area contributed by atoms with E-state index in [0.717, 1.165) is 0 Å². The molecule has 0 aromatic carbocycles. The first kappa shape index (κ1) is 11.4. The van der Waals surface area contributed by atoms with Gasteiger partial charge in [0.15, 0.2) is 0 Å². The number of aliphatic carboxylic acids is 1. The van der Waals surface area contributed by atoms with E-state index in [1.165, 1.54) is 0 Å². The van der Waals surface area contributed by atoms with E-state index < -0.39 is 17.8 Å². The number of carboxylic acid groups (broad SMARTS) is 1. The predicted molar refractivity (Wildman–Crippen MR) is 47.4 cm³/mol. The van der Waals surface area contributed by atoms with Gasteiger partial charge in [-0.15, -0.1) is 0 Å². The van der Waals surface area contributed by atoms with Gasteiger partial charge in [0.05, 0.1) is 0 Å². The van der Waals surface area contributed by atoms with Crippen LogP contribution in [0.2, 0.25) is 0 Å². The zero-order chi connectivity index (χ0) is 10.9. The molecule has 1 rings (SSSR count). The van der Waals surface area contributed by atoms with Gasteiger partial charge in [0.25, 0.3) is 0 Å². The molecule has 1 saturated heterocycles. The molecule has 0 radical (unpaired) electrons. The lowest BCUT2D eigenvalue weighted by Crippen LogP contribution is -2.39. The van der Waals surface area contributed by atoms with E-state index in [9.17, 15) is 13.6 Å². The number of carboxylic acids is 1. The van der Waals surface area contributed by atoms with Crippen LogP contribution in [0.4, 0.5) is 8.78 Å². The van der Waals surface area contributed by atoms with Crippen molar-refractivity contribution in [2.75, 3.05) is 13.1 Å². The fourth-order valence-electron chi connectivity index (χ4n) is 1.73. The molecule has 1 aliphatic heterocycles. The van der Waals surface area contributed by atoms with Gasteiger partial charge in [0, 0.05) is 18.5 Å². The lowest BCUT2D eigenvalue weighted by Gasteiger charge is -2.22. The maximum absolute atomic E-state index is 13.1. The van der Waals surface area contributed by atoms with Crippen LogP contribution in [0, 0.1) is 5.92 Å². The summed E-state index contributed by atoms with van der Waals surface area (Å²) in [5.41, 5.74) is 0. The molecule has 0 amide bonds. The van der Waals surface area contributed by atoms with E-state index in [1.807, 2.05) is 18.7 Å². The van der Waals surface area contributed by atoms with Gasteiger partial charge in [-0.25, -0.2) is 4.79 Å². The van der Waals surface area contributed by atoms with Gasteiger partial charge in [0.1, 0.15) is 0 Å². The fourth-order valence-corrected chi connectivity index (χ4v) is 1.73. The van der Waals surface area contributed by atoms with Crippen LogP contribution in [-0.2, 0) is 4.79 Å². The highest BCUT2D eigenvalue weighted by Gasteiger charge is 2.50. The Hall–Kier alpha value is -0.710. The molecule has 0 bridgehead atoms. The summed E-state index contributed by atoms with van der Waals surface area (Å²) in [6, 6.07) is 0.199. The average molecular weight is 207 g/mol. The van der Waals surface area contributed by atoms with Crippen LogP contribution in [0.5, 0.6) is 0 Å². The maximum Gasteiger partial charge on any atom is 0.374 e. The summed E-state index contributed by atoms with van der Waals surface area (Å²) in [6.45, 7) is 4.57. The molecule has 1 aliphatic rings. The van der Waals surface area contributed by atoms with Gasteiger partial charge < -0.3 is 10.0 Å². The fraction of sp³-hybridized carbons (Fsp3) is 0.889. The van der Waals surface area contributed by atoms with Crippen molar-refractivity contribution in [3.8, 4) is 0 Å². The summed E-state index contributed by atoms with van der Waals surface area (Å²) in [6.07, 6.45) is 0.261. The Balaban J connectivity index is 2.62. The zero-order valence-corrected chi connectivity index (χ0v) is 8.33. The van der Waals surface area contributed by atoms with E-state index in [2.05, 4.69) is 0 Å². The number of likely N-dealkylation sites (tertiary alicyclic amines) is 1. The number of hydrogen-bond donors (Lipinski definition) is 1. The molecule has 0 aromatic heterocycles. The lowest BCUT2D eigenvalue weighted by molar-refractivity contribution is -0.172. The molecule has 0 saturated carbocycles. The quantitative estimate of drug-likeness (QED) is 0.761. The molecule has 1 N–H and O–H groups in total. The smallest absolute Gasteiger partial charge is 0.374 e. The molecule has 0 aromatic rings. The summed E-state index contributed by atoms with van der Waals surface area (Å²) in [4.78, 5) is 12.2. The number of halogens is 2. The van der Waals surface area contributed by atoms with Gasteiger partial charge in [0.2, 0.25) is 0 Å². The molecule has 1 unspecified atom stereocenters. The van der Waals surface area contributed by atoms with Gasteiger partial charge >= 0.3 is 11.9 Å². The second kappa shape index (κ2) is 3.81. The van der Waals surface area contributed by atoms with Gasteiger partial charge in [-0.3, -0.25) is 0 Å². The Morgan fingerprint density at radius 3 is 2.50 bits per heavy atom. The second-order valence-electron chi connectivity index (χ2n) is 4.00. The third-order valence-electron chi connectivity index (χ3n) is 2.75. The number of carbonyl (C=O) groups is 1. The van der Waals surface area contributed by atoms with Crippen molar-refractivity contribution < 1.29 is 18.7 Å². The van der Waals surface area contributed by atoms with Crippen molar-refractivity contribution in [1.82, 2.24) is 4.90 Å². The largest absolute Gasteiger partial charge is 0.477 e. The molecule has 5 heteroatoms. The van der Waals surface area contributed by atoms with Gasteiger partial charge in [-0.2, -0.15) is 8.78 Å². The Kier molecular flexibility index (Phi) is 3.09. The summed E-state index contributed by atoms with van der Waals surface area (Å²) in [7, 11) is 0. The molecular weight excluding hydrogens is 192 g/mol. The molecular formula is C9H15F2NO2. The van der Waals surface area contributed by atoms with Crippen LogP contribution in [-0.4, -0.2) is 41.0 Å². The molecule has 1 atom stereocenters. The highest BCUT2D eigenvalue weighted by atomic mass is 19.3. The topological polar surface area (TPSA) is 40.5 Å². The van der Waals surface area contributed by atoms with Crippen LogP contribution < -0.4 is 0 Å². The standard InChI is InChI=1S/C9H15F2NO2/c1-6(2)12-4-3-7(5-12)9(10,11)8(13)14/h6-7H,3-5H2,1-2H3,(H,13,14). The minimum atomic E-state index is -3.58. The maximum atomic E-state index is 13.1. The summed E-state index contributed by atoms with van der Waals surface area (Å²) < 4.78 is 26.1. The average Bonchev–Trinajstić information content (AvgIpc) is 2.51. The highest BCUT2D eigenvalue weighted by molar-refractivity contribution is 5.75. The van der Waals surface area contributed by atoms with Crippen LogP contribution in [0.25, 0.3) is 0 Å². The van der Waals surface area contributed by atoms with Crippen molar-refractivity contribution >= 4 is 5.97 Å². The molecule has 0 spiro atoms. The Bertz CT molecular complexity index is 231. The SMILES string of the molecule is CC(C)N1CCC(C(F)(F)C(=O)O)C1. The number of nitrogens with zero attached hydrogens (tertiary/aromatic N) is 1. The lowest BCUT2D eigenvalue weighted by atomic mass is 10.0. The molecule has 3 nitrogen and oxygen atoms in total. The van der Waals surface area contributed by atoms with Gasteiger partial charge in [-0.1, -0.05) is 0 Å². The van der Waals surface area contributed by atoms with Crippen LogP contribution in [0.1, 0.15) is 20.3 Å². The summed E-state index contributed by atoms with van der Waals surface area (Å²) in [5, 5.41) is 8.36. The molecule has 14 heavy (non-hydrogen) atoms. The van der Waals surface area contributed by atoms with E-state index >= 15 is 0 Å². The Morgan fingerprint density at radius 2 is 2.14 bits per heavy atom. The first-order chi connectivity index (χ1) is 6.35. The third kappa shape index (κ3) is 2.03. The summed E-state index contributed by atoms with van der Waals surface area (Å²) >= 11 is 0. The minimum absolute atomic E-state index is 0.178. The molecule has 82 valence electrons. The monoisotopic (exact) mass is 207 g/mol. The van der Waals surface area contributed by atoms with E-state index in [-0.39, 0.29) is 19.0 Å². The normalized spacial score (nSPS) is 24.5. The van der Waals surface area contributed by atoms with Crippen molar-refractivity contribution in [2.24, 2.45) is 5.92 Å². The molecule has 1 fully saturated rings. The van der Waals surface area contributed by atoms with Crippen molar-refractivity contribution in [3.05, 3.63) is 0 Å². The molecule has 0 aliphatic carbocycles. The van der Waals surface area contributed by atoms with Crippen molar-refractivity contribution in [2.45, 2.75) is 32.2 Å².